The van der Waals surface area contributed by atoms with Crippen LogP contribution in [0.5, 0.6) is 0 Å². The molecule has 1 fully saturated rings. The fourth-order valence-corrected chi connectivity index (χ4v) is 4.61. The van der Waals surface area contributed by atoms with Crippen molar-refractivity contribution in [2.45, 2.75) is 31.3 Å². The van der Waals surface area contributed by atoms with Gasteiger partial charge in [0.1, 0.15) is 11.6 Å². The van der Waals surface area contributed by atoms with Crippen LogP contribution in [-0.4, -0.2) is 51.9 Å². The van der Waals surface area contributed by atoms with Crippen molar-refractivity contribution >= 4 is 17.7 Å². The molecule has 0 spiro atoms. The molecule has 2 atom stereocenters. The summed E-state index contributed by atoms with van der Waals surface area (Å²) in [7, 11) is 1.97. The van der Waals surface area contributed by atoms with Crippen LogP contribution in [0.25, 0.3) is 0 Å². The second-order valence-electron chi connectivity index (χ2n) is 8.73. The van der Waals surface area contributed by atoms with Crippen LogP contribution < -0.4 is 10.2 Å². The minimum Gasteiger partial charge on any atom is -0.360 e. The molecule has 1 saturated heterocycles. The zero-order chi connectivity index (χ0) is 22.3. The first-order valence-corrected chi connectivity index (χ1v) is 10.8. The number of carbonyl (C=O) groups is 1. The van der Waals surface area contributed by atoms with Crippen molar-refractivity contribution in [1.82, 2.24) is 19.9 Å². The van der Waals surface area contributed by atoms with Crippen molar-refractivity contribution < 1.29 is 9.18 Å². The van der Waals surface area contributed by atoms with Gasteiger partial charge in [-0.2, -0.15) is 0 Å². The molecular formula is C24H25FN6O. The van der Waals surface area contributed by atoms with Gasteiger partial charge in [-0.15, -0.1) is 0 Å². The topological polar surface area (TPSA) is 74.2 Å². The second kappa shape index (κ2) is 7.85. The molecule has 8 heteroatoms. The van der Waals surface area contributed by atoms with Gasteiger partial charge in [0.25, 0.3) is 5.91 Å². The minimum absolute atomic E-state index is 0.0134. The predicted octanol–water partition coefficient (Wildman–Crippen LogP) is 3.25. The molecule has 2 aliphatic heterocycles. The van der Waals surface area contributed by atoms with Gasteiger partial charge in [-0.25, -0.2) is 19.3 Å². The Morgan fingerprint density at radius 3 is 2.72 bits per heavy atom. The van der Waals surface area contributed by atoms with Gasteiger partial charge in [-0.1, -0.05) is 12.1 Å². The van der Waals surface area contributed by atoms with Crippen LogP contribution in [0.4, 0.5) is 16.2 Å². The van der Waals surface area contributed by atoms with Crippen LogP contribution in [0.2, 0.25) is 0 Å². The van der Waals surface area contributed by atoms with Crippen molar-refractivity contribution in [2.75, 3.05) is 30.4 Å². The van der Waals surface area contributed by atoms with E-state index >= 15 is 0 Å². The first-order chi connectivity index (χ1) is 15.4. The fourth-order valence-electron chi connectivity index (χ4n) is 4.61. The van der Waals surface area contributed by atoms with E-state index in [1.54, 1.807) is 36.8 Å². The van der Waals surface area contributed by atoms with E-state index < -0.39 is 0 Å². The fraction of sp³-hybridized carbons (Fsp3) is 0.333. The summed E-state index contributed by atoms with van der Waals surface area (Å²) in [6.07, 6.45) is 6.63. The number of benzene rings is 1. The number of carbonyl (C=O) groups excluding carboxylic acids is 1. The Labute approximate surface area is 186 Å². The van der Waals surface area contributed by atoms with Crippen molar-refractivity contribution in [3.05, 3.63) is 77.5 Å². The number of halogens is 1. The highest BCUT2D eigenvalue weighted by atomic mass is 19.1. The molecule has 1 aromatic carbocycles. The molecule has 164 valence electrons. The van der Waals surface area contributed by atoms with Gasteiger partial charge in [-0.3, -0.25) is 4.79 Å². The van der Waals surface area contributed by atoms with Gasteiger partial charge in [0.2, 0.25) is 5.95 Å². The summed E-state index contributed by atoms with van der Waals surface area (Å²) in [4.78, 5) is 30.2. The third-order valence-corrected chi connectivity index (χ3v) is 6.50. The number of anilines is 2. The lowest BCUT2D eigenvalue weighted by atomic mass is 9.89. The molecule has 0 aliphatic carbocycles. The van der Waals surface area contributed by atoms with E-state index in [0.29, 0.717) is 31.0 Å². The van der Waals surface area contributed by atoms with E-state index in [1.807, 2.05) is 22.9 Å². The average molecular weight is 433 g/mol. The van der Waals surface area contributed by atoms with E-state index in [1.165, 1.54) is 12.1 Å². The summed E-state index contributed by atoms with van der Waals surface area (Å²) in [6.45, 7) is 3.37. The molecule has 0 radical (unpaired) electrons. The molecule has 1 N–H and O–H groups in total. The highest BCUT2D eigenvalue weighted by Gasteiger charge is 2.36. The Hall–Kier alpha value is -3.55. The molecule has 32 heavy (non-hydrogen) atoms. The van der Waals surface area contributed by atoms with Crippen molar-refractivity contribution in [2.24, 2.45) is 0 Å². The summed E-state index contributed by atoms with van der Waals surface area (Å²) in [5, 5.41) is 3.44. The number of nitrogens with one attached hydrogen (secondary N) is 1. The van der Waals surface area contributed by atoms with Crippen molar-refractivity contribution in [3.63, 3.8) is 0 Å². The quantitative estimate of drug-likeness (QED) is 0.682. The maximum Gasteiger partial charge on any atom is 0.255 e. The van der Waals surface area contributed by atoms with Gasteiger partial charge in [0.05, 0.1) is 17.1 Å². The van der Waals surface area contributed by atoms with Crippen LogP contribution in [-0.2, 0) is 12.0 Å². The summed E-state index contributed by atoms with van der Waals surface area (Å²) >= 11 is 0. The number of pyridine rings is 1. The Balaban J connectivity index is 1.29. The van der Waals surface area contributed by atoms with E-state index in [-0.39, 0.29) is 23.3 Å². The predicted molar refractivity (Wildman–Crippen MR) is 120 cm³/mol. The van der Waals surface area contributed by atoms with Crippen LogP contribution in [0.15, 0.2) is 55.0 Å². The molecule has 2 aliphatic rings. The summed E-state index contributed by atoms with van der Waals surface area (Å²) < 4.78 is 13.3. The van der Waals surface area contributed by atoms with Gasteiger partial charge >= 0.3 is 0 Å². The van der Waals surface area contributed by atoms with E-state index in [9.17, 15) is 9.18 Å². The molecule has 1 amide bonds. The third kappa shape index (κ3) is 3.66. The molecule has 1 unspecified atom stereocenters. The number of hydrogen-bond acceptors (Lipinski definition) is 6. The lowest BCUT2D eigenvalue weighted by Gasteiger charge is -2.25. The number of likely N-dealkylation sites (tertiary alicyclic amines) is 1. The lowest BCUT2D eigenvalue weighted by molar-refractivity contribution is 0.0790. The largest absolute Gasteiger partial charge is 0.360 e. The minimum atomic E-state index is -0.387. The molecule has 4 heterocycles. The zero-order valence-electron chi connectivity index (χ0n) is 18.1. The Kier molecular flexibility index (Phi) is 5.00. The van der Waals surface area contributed by atoms with Gasteiger partial charge < -0.3 is 15.1 Å². The SMILES string of the molecule is CN(c1ncccn1)[C@H]1CCN(C(=O)c2cnc3c(c2)CC(C)(c2ccc(F)cc2)N3)C1. The molecule has 0 saturated carbocycles. The van der Waals surface area contributed by atoms with Crippen molar-refractivity contribution in [3.8, 4) is 0 Å². The number of nitrogens with zero attached hydrogens (tertiary/aromatic N) is 5. The van der Waals surface area contributed by atoms with Crippen LogP contribution >= 0.6 is 0 Å². The highest BCUT2D eigenvalue weighted by Crippen LogP contribution is 2.38. The Bertz CT molecular complexity index is 1140. The van der Waals surface area contributed by atoms with Crippen LogP contribution in [0, 0.1) is 5.82 Å². The third-order valence-electron chi connectivity index (χ3n) is 6.50. The highest BCUT2D eigenvalue weighted by molar-refractivity contribution is 5.94. The first kappa shape index (κ1) is 20.4. The van der Waals surface area contributed by atoms with E-state index in [4.69, 9.17) is 0 Å². The first-order valence-electron chi connectivity index (χ1n) is 10.8. The number of hydrogen-bond donors (Lipinski definition) is 1. The van der Waals surface area contributed by atoms with E-state index in [0.717, 1.165) is 23.4 Å². The van der Waals surface area contributed by atoms with Gasteiger partial charge in [0.15, 0.2) is 0 Å². The summed E-state index contributed by atoms with van der Waals surface area (Å²) in [5.74, 6) is 1.17. The van der Waals surface area contributed by atoms with E-state index in [2.05, 4.69) is 27.2 Å². The standard InChI is InChI=1S/C24H25FN6O/c1-24(18-4-6-19(25)7-5-18)13-16-12-17(14-28-21(16)29-24)22(32)31-11-8-20(15-31)30(2)23-26-9-3-10-27-23/h3-7,9-10,12,14,20H,8,11,13,15H2,1-2H3,(H,28,29)/t20-,24?/m0/s1. The molecule has 2 aromatic heterocycles. The Morgan fingerprint density at radius 2 is 1.97 bits per heavy atom. The number of rotatable bonds is 4. The molecule has 3 aromatic rings. The normalized spacial score (nSPS) is 21.8. The maximum atomic E-state index is 13.3. The maximum absolute atomic E-state index is 13.3. The number of likely N-dealkylation sites (N-methyl/N-ethyl adjacent to an activating group) is 1. The monoisotopic (exact) mass is 432 g/mol. The Morgan fingerprint density at radius 1 is 1.22 bits per heavy atom. The number of fused-ring (bicyclic) bond motifs is 1. The molecule has 0 bridgehead atoms. The van der Waals surface area contributed by atoms with Crippen LogP contribution in [0.1, 0.15) is 34.8 Å². The van der Waals surface area contributed by atoms with Crippen LogP contribution in [0.3, 0.4) is 0 Å². The van der Waals surface area contributed by atoms with Gasteiger partial charge in [0, 0.05) is 45.1 Å². The second-order valence-corrected chi connectivity index (χ2v) is 8.73. The number of aromatic nitrogens is 3. The number of amides is 1. The lowest BCUT2D eigenvalue weighted by Crippen LogP contribution is -2.37. The molecular weight excluding hydrogens is 407 g/mol. The van der Waals surface area contributed by atoms with Gasteiger partial charge in [-0.05, 0) is 48.7 Å². The molecule has 5 rings (SSSR count). The summed E-state index contributed by atoms with van der Waals surface area (Å²) in [6, 6.07) is 10.4. The average Bonchev–Trinajstić information content (AvgIpc) is 3.43. The van der Waals surface area contributed by atoms with Crippen molar-refractivity contribution in [1.29, 1.82) is 0 Å². The zero-order valence-corrected chi connectivity index (χ0v) is 18.1. The molecule has 7 nitrogen and oxygen atoms in total. The summed E-state index contributed by atoms with van der Waals surface area (Å²) in [5.41, 5.74) is 2.18. The smallest absolute Gasteiger partial charge is 0.255 e.